The number of hydrogen-bond donors (Lipinski definition) is 1. The number of fused-ring (bicyclic) bond motifs is 1. The van der Waals surface area contributed by atoms with Crippen molar-refractivity contribution in [3.05, 3.63) is 53.1 Å². The maximum atomic E-state index is 13.7. The van der Waals surface area contributed by atoms with E-state index in [4.69, 9.17) is 4.74 Å². The second-order valence-corrected chi connectivity index (χ2v) is 13.3. The zero-order valence-electron chi connectivity index (χ0n) is 24.3. The third-order valence-corrected chi connectivity index (χ3v) is 9.49. The minimum Gasteiger partial charge on any atom is -0.492 e. The first-order valence-corrected chi connectivity index (χ1v) is 16.5. The Morgan fingerprint density at radius 3 is 2.37 bits per heavy atom. The Hall–Kier alpha value is -3.22. The lowest BCUT2D eigenvalue weighted by atomic mass is 9.94. The Kier molecular flexibility index (Phi) is 9.01. The smallest absolute Gasteiger partial charge is 0.416 e. The number of sulfone groups is 1. The summed E-state index contributed by atoms with van der Waals surface area (Å²) < 4.78 is 71.9. The van der Waals surface area contributed by atoms with Crippen molar-refractivity contribution in [2.24, 2.45) is 0 Å². The molecule has 0 unspecified atom stereocenters. The average Bonchev–Trinajstić information content (AvgIpc) is 2.96. The van der Waals surface area contributed by atoms with Crippen LogP contribution in [0.2, 0.25) is 0 Å². The number of likely N-dealkylation sites (tertiary alicyclic amines) is 2. The summed E-state index contributed by atoms with van der Waals surface area (Å²) in [6.45, 7) is 5.57. The summed E-state index contributed by atoms with van der Waals surface area (Å²) in [6.07, 6.45) is 1.84. The maximum absolute atomic E-state index is 13.7. The largest absolute Gasteiger partial charge is 0.492 e. The lowest BCUT2D eigenvalue weighted by Gasteiger charge is -2.40. The standard InChI is InChI=1S/C31H36F3N3O5S/c1-3-42-26-17-23-25(18-27(26)43(2,40)41)35-29(20-8-7-9-21(16-20)31(32,33)34)24(28(23)30(38)39)19-36-14-10-22(11-15-36)37-12-5-4-6-13-37/h7-9,16-18,22H,3-6,10-15,19H2,1-2H3,(H,38,39). The van der Waals surface area contributed by atoms with Gasteiger partial charge in [0, 0.05) is 35.4 Å². The van der Waals surface area contributed by atoms with E-state index in [2.05, 4.69) is 14.8 Å². The van der Waals surface area contributed by atoms with Crippen molar-refractivity contribution in [2.75, 3.05) is 39.0 Å². The first-order chi connectivity index (χ1) is 20.4. The van der Waals surface area contributed by atoms with Crippen molar-refractivity contribution in [1.82, 2.24) is 14.8 Å². The van der Waals surface area contributed by atoms with E-state index < -0.39 is 27.5 Å². The summed E-state index contributed by atoms with van der Waals surface area (Å²) in [7, 11) is -3.80. The van der Waals surface area contributed by atoms with Crippen LogP contribution in [0.3, 0.4) is 0 Å². The highest BCUT2D eigenvalue weighted by atomic mass is 32.2. The van der Waals surface area contributed by atoms with Crippen LogP contribution in [0.15, 0.2) is 41.3 Å². The van der Waals surface area contributed by atoms with Crippen LogP contribution in [0.25, 0.3) is 22.2 Å². The number of hydrogen-bond acceptors (Lipinski definition) is 7. The van der Waals surface area contributed by atoms with E-state index in [0.29, 0.717) is 19.1 Å². The van der Waals surface area contributed by atoms with E-state index in [-0.39, 0.29) is 57.1 Å². The van der Waals surface area contributed by atoms with Gasteiger partial charge in [0.2, 0.25) is 0 Å². The molecule has 3 heterocycles. The molecule has 0 atom stereocenters. The van der Waals surface area contributed by atoms with Crippen LogP contribution in [0.1, 0.15) is 60.5 Å². The predicted molar refractivity (Wildman–Crippen MR) is 157 cm³/mol. The molecule has 2 aliphatic heterocycles. The summed E-state index contributed by atoms with van der Waals surface area (Å²) in [5.41, 5.74) is -0.506. The Morgan fingerprint density at radius 1 is 1.07 bits per heavy atom. The van der Waals surface area contributed by atoms with E-state index in [1.165, 1.54) is 43.5 Å². The molecule has 3 aromatic rings. The van der Waals surface area contributed by atoms with Gasteiger partial charge in [0.1, 0.15) is 10.6 Å². The summed E-state index contributed by atoms with van der Waals surface area (Å²) >= 11 is 0. The monoisotopic (exact) mass is 619 g/mol. The molecule has 0 radical (unpaired) electrons. The van der Waals surface area contributed by atoms with Crippen LogP contribution in [0.5, 0.6) is 5.75 Å². The van der Waals surface area contributed by atoms with Gasteiger partial charge in [-0.2, -0.15) is 13.2 Å². The molecule has 2 aliphatic rings. The van der Waals surface area contributed by atoms with Gasteiger partial charge in [-0.1, -0.05) is 18.6 Å². The predicted octanol–water partition coefficient (Wildman–Crippen LogP) is 5.87. The van der Waals surface area contributed by atoms with Crippen LogP contribution in [-0.4, -0.2) is 79.4 Å². The summed E-state index contributed by atoms with van der Waals surface area (Å²) in [5, 5.41) is 10.7. The molecule has 1 N–H and O–H groups in total. The van der Waals surface area contributed by atoms with Crippen LogP contribution < -0.4 is 4.74 Å². The van der Waals surface area contributed by atoms with Crippen LogP contribution in [-0.2, 0) is 22.6 Å². The molecule has 0 aliphatic carbocycles. The quantitative estimate of drug-likeness (QED) is 0.334. The Bertz CT molecular complexity index is 1610. The van der Waals surface area contributed by atoms with Gasteiger partial charge in [-0.3, -0.25) is 4.90 Å². The van der Waals surface area contributed by atoms with Gasteiger partial charge in [0.25, 0.3) is 0 Å². The van der Waals surface area contributed by atoms with Gasteiger partial charge in [-0.05, 0) is 83.1 Å². The first-order valence-electron chi connectivity index (χ1n) is 14.6. The number of aromatic carboxylic acids is 1. The van der Waals surface area contributed by atoms with Crippen molar-refractivity contribution in [3.63, 3.8) is 0 Å². The molecule has 5 rings (SSSR count). The average molecular weight is 620 g/mol. The highest BCUT2D eigenvalue weighted by Crippen LogP contribution is 2.38. The molecule has 8 nitrogen and oxygen atoms in total. The fraction of sp³-hybridized carbons (Fsp3) is 0.484. The number of carboxylic acid groups (broad SMARTS) is 1. The molecule has 2 aromatic carbocycles. The first kappa shape index (κ1) is 31.2. The number of ether oxygens (including phenoxy) is 1. The summed E-state index contributed by atoms with van der Waals surface area (Å²) in [5.74, 6) is -1.28. The molecule has 0 spiro atoms. The lowest BCUT2D eigenvalue weighted by Crippen LogP contribution is -2.46. The van der Waals surface area contributed by atoms with Crippen molar-refractivity contribution >= 4 is 26.7 Å². The fourth-order valence-corrected chi connectivity index (χ4v) is 7.11. The minimum atomic E-state index is -4.62. The minimum absolute atomic E-state index is 0.00177. The number of carboxylic acids is 1. The fourth-order valence-electron chi connectivity index (χ4n) is 6.30. The van der Waals surface area contributed by atoms with Gasteiger partial charge in [-0.25, -0.2) is 18.2 Å². The highest BCUT2D eigenvalue weighted by Gasteiger charge is 2.33. The molecule has 0 saturated carbocycles. The molecule has 232 valence electrons. The van der Waals surface area contributed by atoms with E-state index in [9.17, 15) is 31.5 Å². The van der Waals surface area contributed by atoms with Gasteiger partial charge in [0.15, 0.2) is 9.84 Å². The zero-order valence-corrected chi connectivity index (χ0v) is 25.1. The molecule has 2 fully saturated rings. The van der Waals surface area contributed by atoms with Gasteiger partial charge in [0.05, 0.1) is 28.9 Å². The van der Waals surface area contributed by atoms with E-state index in [1.54, 1.807) is 6.92 Å². The van der Waals surface area contributed by atoms with Crippen LogP contribution in [0, 0.1) is 0 Å². The second-order valence-electron chi connectivity index (χ2n) is 11.3. The van der Waals surface area contributed by atoms with Gasteiger partial charge < -0.3 is 14.7 Å². The number of rotatable bonds is 8. The lowest BCUT2D eigenvalue weighted by molar-refractivity contribution is -0.137. The molecule has 0 amide bonds. The topological polar surface area (TPSA) is 100 Å². The summed E-state index contributed by atoms with van der Waals surface area (Å²) in [4.78, 5) is 22.0. The molecule has 43 heavy (non-hydrogen) atoms. The van der Waals surface area contributed by atoms with Gasteiger partial charge in [-0.15, -0.1) is 0 Å². The number of nitrogens with zero attached hydrogens (tertiary/aromatic N) is 3. The van der Waals surface area contributed by atoms with E-state index in [0.717, 1.165) is 44.3 Å². The number of piperidine rings is 2. The van der Waals surface area contributed by atoms with Crippen molar-refractivity contribution < 1.29 is 36.2 Å². The molecule has 1 aromatic heterocycles. The van der Waals surface area contributed by atoms with Crippen LogP contribution in [0.4, 0.5) is 13.2 Å². The molecule has 12 heteroatoms. The number of benzene rings is 2. The van der Waals surface area contributed by atoms with Crippen molar-refractivity contribution in [2.45, 2.75) is 62.7 Å². The summed E-state index contributed by atoms with van der Waals surface area (Å²) in [6, 6.07) is 7.70. The van der Waals surface area contributed by atoms with Crippen molar-refractivity contribution in [3.8, 4) is 17.0 Å². The Labute approximate surface area is 249 Å². The van der Waals surface area contributed by atoms with Crippen LogP contribution >= 0.6 is 0 Å². The molecular formula is C31H36F3N3O5S. The van der Waals surface area contributed by atoms with E-state index >= 15 is 0 Å². The third-order valence-electron chi connectivity index (χ3n) is 8.37. The number of halogens is 3. The Morgan fingerprint density at radius 2 is 1.77 bits per heavy atom. The molecule has 0 bridgehead atoms. The number of carbonyl (C=O) groups is 1. The highest BCUT2D eigenvalue weighted by molar-refractivity contribution is 7.90. The second kappa shape index (κ2) is 12.4. The third kappa shape index (κ3) is 6.81. The molecular weight excluding hydrogens is 583 g/mol. The number of pyridine rings is 1. The Balaban J connectivity index is 1.65. The normalized spacial score (nSPS) is 17.8. The van der Waals surface area contributed by atoms with E-state index in [1.807, 2.05) is 0 Å². The zero-order chi connectivity index (χ0) is 30.9. The maximum Gasteiger partial charge on any atom is 0.416 e. The van der Waals surface area contributed by atoms with Crippen molar-refractivity contribution in [1.29, 1.82) is 0 Å². The van der Waals surface area contributed by atoms with Gasteiger partial charge >= 0.3 is 12.1 Å². The number of alkyl halides is 3. The SMILES string of the molecule is CCOc1cc2c(C(=O)O)c(CN3CCC(N4CCCCC4)CC3)c(-c3cccc(C(F)(F)F)c3)nc2cc1S(C)(=O)=O. The number of aromatic nitrogens is 1. The molecule has 2 saturated heterocycles.